The Hall–Kier alpha value is -1.87. The molecule has 1 rings (SSSR count). The topological polar surface area (TPSA) is 66.2 Å². The first-order valence-electron chi connectivity index (χ1n) is 6.13. The summed E-state index contributed by atoms with van der Waals surface area (Å²) in [5.41, 5.74) is 0.297. The van der Waals surface area contributed by atoms with Crippen LogP contribution in [0.25, 0.3) is 0 Å². The summed E-state index contributed by atoms with van der Waals surface area (Å²) in [6.45, 7) is 7.48. The van der Waals surface area contributed by atoms with Crippen LogP contribution in [-0.4, -0.2) is 35.4 Å². The van der Waals surface area contributed by atoms with Gasteiger partial charge in [-0.25, -0.2) is 4.98 Å². The fraction of sp³-hybridized carbons (Fsp3) is 0.500. The van der Waals surface area contributed by atoms with E-state index in [9.17, 15) is 4.79 Å². The molecule has 1 heterocycles. The maximum absolute atomic E-state index is 12.3. The molecule has 0 aliphatic rings. The SMILES string of the molecule is Cc1nc(OC(C)(C)C)sc1C(=O)C(C#N)=CN(C)C. The molecule has 5 nitrogen and oxygen atoms in total. The Kier molecular flexibility index (Phi) is 4.90. The third-order valence-corrected chi connectivity index (χ3v) is 3.16. The summed E-state index contributed by atoms with van der Waals surface area (Å²) in [5, 5.41) is 9.52. The predicted octanol–water partition coefficient (Wildman–Crippen LogP) is 2.78. The van der Waals surface area contributed by atoms with Gasteiger partial charge in [-0.15, -0.1) is 0 Å². The Bertz CT molecular complexity index is 574. The molecule has 0 saturated carbocycles. The molecule has 0 atom stereocenters. The summed E-state index contributed by atoms with van der Waals surface area (Å²) in [7, 11) is 3.52. The summed E-state index contributed by atoms with van der Waals surface area (Å²) >= 11 is 1.17. The van der Waals surface area contributed by atoms with Crippen LogP contribution < -0.4 is 4.74 Å². The van der Waals surface area contributed by atoms with Crippen molar-refractivity contribution in [2.45, 2.75) is 33.3 Å². The van der Waals surface area contributed by atoms with Gasteiger partial charge in [-0.2, -0.15) is 5.26 Å². The van der Waals surface area contributed by atoms with Crippen LogP contribution in [0.4, 0.5) is 0 Å². The lowest BCUT2D eigenvalue weighted by atomic mass is 10.1. The predicted molar refractivity (Wildman–Crippen MR) is 78.9 cm³/mol. The lowest BCUT2D eigenvalue weighted by Crippen LogP contribution is -2.22. The number of ketones is 1. The summed E-state index contributed by atoms with van der Waals surface area (Å²) in [5.74, 6) is -0.319. The minimum Gasteiger partial charge on any atom is -0.464 e. The van der Waals surface area contributed by atoms with Crippen LogP contribution in [0.1, 0.15) is 36.1 Å². The van der Waals surface area contributed by atoms with Crippen LogP contribution in [-0.2, 0) is 0 Å². The van der Waals surface area contributed by atoms with Crippen LogP contribution in [0.15, 0.2) is 11.8 Å². The van der Waals surface area contributed by atoms with Gasteiger partial charge in [0, 0.05) is 20.3 Å². The molecule has 0 N–H and O–H groups in total. The average Bonchev–Trinajstić information content (AvgIpc) is 2.63. The van der Waals surface area contributed by atoms with Crippen LogP contribution in [0, 0.1) is 18.3 Å². The number of nitriles is 1. The molecule has 1 aromatic heterocycles. The van der Waals surface area contributed by atoms with Gasteiger partial charge in [0.2, 0.25) is 5.78 Å². The number of carbonyl (C=O) groups is 1. The van der Waals surface area contributed by atoms with E-state index in [0.29, 0.717) is 15.8 Å². The molecule has 0 saturated heterocycles. The highest BCUT2D eigenvalue weighted by Crippen LogP contribution is 2.29. The zero-order chi connectivity index (χ0) is 15.5. The Labute approximate surface area is 123 Å². The van der Waals surface area contributed by atoms with Gasteiger partial charge in [-0.3, -0.25) is 4.79 Å². The van der Waals surface area contributed by atoms with Crippen molar-refractivity contribution < 1.29 is 9.53 Å². The summed E-state index contributed by atoms with van der Waals surface area (Å²) in [6, 6.07) is 1.92. The van der Waals surface area contributed by atoms with E-state index < -0.39 is 0 Å². The first-order valence-corrected chi connectivity index (χ1v) is 6.95. The molecule has 0 fully saturated rings. The second-order valence-electron chi connectivity index (χ2n) is 5.56. The number of hydrogen-bond donors (Lipinski definition) is 0. The molecule has 0 aliphatic heterocycles. The maximum Gasteiger partial charge on any atom is 0.274 e. The number of ether oxygens (including phenoxy) is 1. The van der Waals surface area contributed by atoms with Gasteiger partial charge in [-0.05, 0) is 27.7 Å². The second kappa shape index (κ2) is 6.06. The van der Waals surface area contributed by atoms with Crippen molar-refractivity contribution in [3.63, 3.8) is 0 Å². The molecule has 6 heteroatoms. The molecule has 0 radical (unpaired) electrons. The van der Waals surface area contributed by atoms with Crippen LogP contribution in [0.3, 0.4) is 0 Å². The lowest BCUT2D eigenvalue weighted by molar-refractivity contribution is 0.104. The summed E-state index contributed by atoms with van der Waals surface area (Å²) in [6.07, 6.45) is 1.51. The van der Waals surface area contributed by atoms with E-state index in [1.54, 1.807) is 25.9 Å². The van der Waals surface area contributed by atoms with Gasteiger partial charge >= 0.3 is 0 Å². The van der Waals surface area contributed by atoms with Gasteiger partial charge in [0.1, 0.15) is 22.1 Å². The molecule has 108 valence electrons. The number of Topliss-reactive ketones (excluding diaryl/α,β-unsaturated/α-hetero) is 1. The van der Waals surface area contributed by atoms with Crippen LogP contribution in [0.2, 0.25) is 0 Å². The van der Waals surface area contributed by atoms with Crippen molar-refractivity contribution in [3.8, 4) is 11.3 Å². The molecule has 0 bridgehead atoms. The molecule has 20 heavy (non-hydrogen) atoms. The minimum absolute atomic E-state index is 0.0871. The number of aromatic nitrogens is 1. The van der Waals surface area contributed by atoms with Gasteiger partial charge in [0.15, 0.2) is 0 Å². The van der Waals surface area contributed by atoms with E-state index >= 15 is 0 Å². The molecule has 0 unspecified atom stereocenters. The van der Waals surface area contributed by atoms with Crippen LogP contribution >= 0.6 is 11.3 Å². The second-order valence-corrected chi connectivity index (χ2v) is 6.52. The smallest absolute Gasteiger partial charge is 0.274 e. The highest BCUT2D eigenvalue weighted by molar-refractivity contribution is 7.15. The van der Waals surface area contributed by atoms with Gasteiger partial charge in [0.05, 0.1) is 5.69 Å². The number of allylic oxidation sites excluding steroid dienone is 1. The average molecular weight is 293 g/mol. The number of aryl methyl sites for hydroxylation is 1. The Morgan fingerprint density at radius 3 is 2.50 bits per heavy atom. The zero-order valence-electron chi connectivity index (χ0n) is 12.6. The van der Waals surface area contributed by atoms with Crippen LogP contribution in [0.5, 0.6) is 5.19 Å². The first-order chi connectivity index (χ1) is 9.14. The largest absolute Gasteiger partial charge is 0.464 e. The number of thiazole rings is 1. The monoisotopic (exact) mass is 293 g/mol. The number of rotatable bonds is 4. The van der Waals surface area contributed by atoms with Crippen molar-refractivity contribution in [1.82, 2.24) is 9.88 Å². The number of nitrogens with zero attached hydrogens (tertiary/aromatic N) is 3. The Balaban J connectivity index is 3.09. The molecular formula is C14H19N3O2S. The molecule has 0 aromatic carbocycles. The van der Waals surface area contributed by atoms with E-state index in [2.05, 4.69) is 4.98 Å². The summed E-state index contributed by atoms with van der Waals surface area (Å²) < 4.78 is 5.65. The third kappa shape index (κ3) is 4.35. The minimum atomic E-state index is -0.373. The quantitative estimate of drug-likeness (QED) is 0.485. The number of carbonyl (C=O) groups excluding carboxylic acids is 1. The van der Waals surface area contributed by atoms with Crippen molar-refractivity contribution in [2.75, 3.05) is 14.1 Å². The van der Waals surface area contributed by atoms with Crippen molar-refractivity contribution in [2.24, 2.45) is 0 Å². The molecule has 0 aliphatic carbocycles. The fourth-order valence-corrected chi connectivity index (χ4v) is 2.45. The molecular weight excluding hydrogens is 274 g/mol. The third-order valence-electron chi connectivity index (χ3n) is 2.13. The Morgan fingerprint density at radius 2 is 2.05 bits per heavy atom. The van der Waals surface area contributed by atoms with E-state index in [1.807, 2.05) is 26.8 Å². The summed E-state index contributed by atoms with van der Waals surface area (Å²) in [4.78, 5) is 18.7. The normalized spacial score (nSPS) is 11.9. The van der Waals surface area contributed by atoms with E-state index in [-0.39, 0.29) is 17.0 Å². The number of hydrogen-bond acceptors (Lipinski definition) is 6. The standard InChI is InChI=1S/C14H19N3O2S/c1-9-12(11(18)10(7-15)8-17(5)6)20-13(16-9)19-14(2,3)4/h8H,1-6H3. The fourth-order valence-electron chi connectivity index (χ4n) is 1.41. The van der Waals surface area contributed by atoms with Gasteiger partial charge in [0.25, 0.3) is 5.19 Å². The van der Waals surface area contributed by atoms with E-state index in [1.165, 1.54) is 17.5 Å². The highest BCUT2D eigenvalue weighted by atomic mass is 32.1. The van der Waals surface area contributed by atoms with E-state index in [0.717, 1.165) is 0 Å². The van der Waals surface area contributed by atoms with Crippen molar-refractivity contribution in [1.29, 1.82) is 5.26 Å². The van der Waals surface area contributed by atoms with Crippen molar-refractivity contribution in [3.05, 3.63) is 22.3 Å². The maximum atomic E-state index is 12.3. The van der Waals surface area contributed by atoms with Crippen molar-refractivity contribution >= 4 is 17.1 Å². The van der Waals surface area contributed by atoms with E-state index in [4.69, 9.17) is 10.00 Å². The molecule has 0 amide bonds. The zero-order valence-corrected chi connectivity index (χ0v) is 13.5. The molecule has 1 aromatic rings. The van der Waals surface area contributed by atoms with Gasteiger partial charge < -0.3 is 9.64 Å². The van der Waals surface area contributed by atoms with Gasteiger partial charge in [-0.1, -0.05) is 11.3 Å². The Morgan fingerprint density at radius 1 is 1.45 bits per heavy atom. The molecule has 0 spiro atoms. The lowest BCUT2D eigenvalue weighted by Gasteiger charge is -2.18. The highest BCUT2D eigenvalue weighted by Gasteiger charge is 2.22. The first kappa shape index (κ1) is 16.2.